The normalized spacial score (nSPS) is 22.6. The second kappa shape index (κ2) is 11.4. The van der Waals surface area contributed by atoms with E-state index in [-0.39, 0.29) is 17.9 Å². The molecule has 0 bridgehead atoms. The van der Waals surface area contributed by atoms with Crippen LogP contribution in [-0.2, 0) is 32.2 Å². The topological polar surface area (TPSA) is 103 Å². The minimum atomic E-state index is -0.999. The molecule has 3 heterocycles. The number of rotatable bonds is 7. The quantitative estimate of drug-likeness (QED) is 0.365. The van der Waals surface area contributed by atoms with Gasteiger partial charge in [0.25, 0.3) is 5.91 Å². The van der Waals surface area contributed by atoms with Gasteiger partial charge in [-0.3, -0.25) is 14.5 Å². The van der Waals surface area contributed by atoms with Gasteiger partial charge in [-0.15, -0.1) is 0 Å². The fourth-order valence-corrected chi connectivity index (χ4v) is 5.79. The van der Waals surface area contributed by atoms with Crippen molar-refractivity contribution in [3.8, 4) is 0 Å². The monoisotopic (exact) mass is 542 g/mol. The molecule has 40 heavy (non-hydrogen) atoms. The van der Waals surface area contributed by atoms with Gasteiger partial charge >= 0.3 is 0 Å². The molecule has 0 aromatic heterocycles. The number of allylic oxidation sites excluding steroid dienone is 2. The predicted octanol–water partition coefficient (Wildman–Crippen LogP) is 2.40. The number of nitrogens with one attached hydrogen (secondary N) is 2. The van der Waals surface area contributed by atoms with Gasteiger partial charge in [-0.05, 0) is 46.4 Å². The lowest BCUT2D eigenvalue weighted by Gasteiger charge is -2.27. The number of benzene rings is 2. The SMILES string of the molecule is COC(O)C1=CC=C2/C(=C(/Nc3ccc4c(c3)CN(C(=O)CN3CCOCC3)C4)c3ccccc3)C(=O)NC2C1. The summed E-state index contributed by atoms with van der Waals surface area (Å²) in [4.78, 5) is 30.4. The highest BCUT2D eigenvalue weighted by Gasteiger charge is 2.37. The minimum Gasteiger partial charge on any atom is -0.379 e. The maximum Gasteiger partial charge on any atom is 0.254 e. The Labute approximate surface area is 233 Å². The van der Waals surface area contributed by atoms with Crippen molar-refractivity contribution in [3.05, 3.63) is 94.1 Å². The summed E-state index contributed by atoms with van der Waals surface area (Å²) in [6, 6.07) is 15.7. The Morgan fingerprint density at radius 2 is 1.90 bits per heavy atom. The van der Waals surface area contributed by atoms with Gasteiger partial charge in [-0.2, -0.15) is 0 Å². The Bertz CT molecular complexity index is 1390. The Morgan fingerprint density at radius 3 is 2.67 bits per heavy atom. The van der Waals surface area contributed by atoms with Gasteiger partial charge in [0.2, 0.25) is 5.91 Å². The summed E-state index contributed by atoms with van der Waals surface area (Å²) < 4.78 is 10.5. The van der Waals surface area contributed by atoms with Crippen LogP contribution in [-0.4, -0.2) is 79.0 Å². The van der Waals surface area contributed by atoms with Crippen LogP contribution < -0.4 is 10.6 Å². The molecule has 2 aromatic rings. The van der Waals surface area contributed by atoms with Crippen molar-refractivity contribution >= 4 is 23.2 Å². The Hall–Kier alpha value is -3.76. The molecule has 9 nitrogen and oxygen atoms in total. The average Bonchev–Trinajstić information content (AvgIpc) is 3.56. The lowest BCUT2D eigenvalue weighted by atomic mass is 9.89. The van der Waals surface area contributed by atoms with E-state index in [0.29, 0.717) is 50.5 Å². The maximum absolute atomic E-state index is 13.3. The van der Waals surface area contributed by atoms with Crippen LogP contribution in [0.3, 0.4) is 0 Å². The van der Waals surface area contributed by atoms with Gasteiger partial charge < -0.3 is 30.1 Å². The molecule has 2 amide bonds. The first-order valence-electron chi connectivity index (χ1n) is 13.7. The molecule has 2 aromatic carbocycles. The van der Waals surface area contributed by atoms with E-state index in [9.17, 15) is 14.7 Å². The van der Waals surface area contributed by atoms with Gasteiger partial charge in [0.1, 0.15) is 0 Å². The molecule has 1 aliphatic carbocycles. The molecule has 9 heteroatoms. The van der Waals surface area contributed by atoms with Gasteiger partial charge in [0.15, 0.2) is 6.29 Å². The fraction of sp³-hybridized carbons (Fsp3) is 0.355. The molecule has 4 aliphatic rings. The van der Waals surface area contributed by atoms with Crippen molar-refractivity contribution in [2.45, 2.75) is 31.8 Å². The van der Waals surface area contributed by atoms with E-state index in [4.69, 9.17) is 9.47 Å². The number of amides is 2. The lowest BCUT2D eigenvalue weighted by molar-refractivity contribution is -0.134. The average molecular weight is 543 g/mol. The minimum absolute atomic E-state index is 0.128. The summed E-state index contributed by atoms with van der Waals surface area (Å²) in [7, 11) is 1.45. The third-order valence-electron chi connectivity index (χ3n) is 7.98. The summed E-state index contributed by atoms with van der Waals surface area (Å²) >= 11 is 0. The van der Waals surface area contributed by atoms with Crippen molar-refractivity contribution in [1.29, 1.82) is 0 Å². The molecule has 2 atom stereocenters. The lowest BCUT2D eigenvalue weighted by Crippen LogP contribution is -2.43. The number of anilines is 1. The number of carbonyl (C=O) groups is 2. The van der Waals surface area contributed by atoms with Crippen molar-refractivity contribution in [3.63, 3.8) is 0 Å². The summed E-state index contributed by atoms with van der Waals surface area (Å²) in [6.07, 6.45) is 3.21. The van der Waals surface area contributed by atoms with Crippen molar-refractivity contribution < 1.29 is 24.2 Å². The van der Waals surface area contributed by atoms with E-state index in [0.717, 1.165) is 46.6 Å². The third-order valence-corrected chi connectivity index (χ3v) is 7.98. The van der Waals surface area contributed by atoms with Crippen LogP contribution in [0.25, 0.3) is 5.70 Å². The van der Waals surface area contributed by atoms with Crippen molar-refractivity contribution in [1.82, 2.24) is 15.1 Å². The zero-order chi connectivity index (χ0) is 27.6. The first-order valence-corrected chi connectivity index (χ1v) is 13.7. The number of ether oxygens (including phenoxy) is 2. The number of carbonyl (C=O) groups excluding carboxylic acids is 2. The molecule has 2 fully saturated rings. The van der Waals surface area contributed by atoms with Crippen molar-refractivity contribution in [2.24, 2.45) is 0 Å². The van der Waals surface area contributed by atoms with E-state index in [2.05, 4.69) is 27.7 Å². The van der Waals surface area contributed by atoms with Gasteiger partial charge in [0.05, 0.1) is 37.1 Å². The van der Waals surface area contributed by atoms with Crippen LogP contribution in [0.4, 0.5) is 5.69 Å². The van der Waals surface area contributed by atoms with Crippen LogP contribution in [0.1, 0.15) is 23.1 Å². The number of methoxy groups -OCH3 is 1. The highest BCUT2D eigenvalue weighted by atomic mass is 16.6. The van der Waals surface area contributed by atoms with Crippen LogP contribution in [0.15, 0.2) is 77.4 Å². The molecule has 2 unspecified atom stereocenters. The van der Waals surface area contributed by atoms with E-state index in [1.165, 1.54) is 7.11 Å². The molecule has 2 saturated heterocycles. The summed E-state index contributed by atoms with van der Waals surface area (Å²) in [5.41, 5.74) is 6.88. The zero-order valence-electron chi connectivity index (χ0n) is 22.6. The molecular weight excluding hydrogens is 508 g/mol. The number of morpholine rings is 1. The molecule has 6 rings (SSSR count). The summed E-state index contributed by atoms with van der Waals surface area (Å²) in [6.45, 7) is 4.49. The molecule has 3 N–H and O–H groups in total. The van der Waals surface area contributed by atoms with E-state index in [1.54, 1.807) is 0 Å². The number of aliphatic hydroxyl groups excluding tert-OH is 1. The number of nitrogens with zero attached hydrogens (tertiary/aromatic N) is 2. The van der Waals surface area contributed by atoms with Gasteiger partial charge in [0, 0.05) is 39.0 Å². The molecule has 3 aliphatic heterocycles. The number of fused-ring (bicyclic) bond motifs is 2. The largest absolute Gasteiger partial charge is 0.379 e. The fourth-order valence-electron chi connectivity index (χ4n) is 5.79. The van der Waals surface area contributed by atoms with E-state index >= 15 is 0 Å². The van der Waals surface area contributed by atoms with Crippen molar-refractivity contribution in [2.75, 3.05) is 45.3 Å². The maximum atomic E-state index is 13.3. The number of hydrogen-bond acceptors (Lipinski definition) is 7. The molecule has 0 spiro atoms. The molecular formula is C31H34N4O5. The molecule has 0 saturated carbocycles. The van der Waals surface area contributed by atoms with Crippen LogP contribution in [0.2, 0.25) is 0 Å². The molecule has 208 valence electrons. The first-order chi connectivity index (χ1) is 19.5. The van der Waals surface area contributed by atoms with E-state index < -0.39 is 6.29 Å². The second-order valence-electron chi connectivity index (χ2n) is 10.5. The summed E-state index contributed by atoms with van der Waals surface area (Å²) in [5, 5.41) is 16.8. The highest BCUT2D eigenvalue weighted by Crippen LogP contribution is 2.37. The number of hydrogen-bond donors (Lipinski definition) is 3. The van der Waals surface area contributed by atoms with Gasteiger partial charge in [-0.1, -0.05) is 48.6 Å². The van der Waals surface area contributed by atoms with Crippen LogP contribution >= 0.6 is 0 Å². The second-order valence-corrected chi connectivity index (χ2v) is 10.5. The Balaban J connectivity index is 1.27. The summed E-state index contributed by atoms with van der Waals surface area (Å²) in [5.74, 6) is -0.0335. The van der Waals surface area contributed by atoms with E-state index in [1.807, 2.05) is 53.5 Å². The smallest absolute Gasteiger partial charge is 0.254 e. The Morgan fingerprint density at radius 1 is 1.12 bits per heavy atom. The molecule has 0 radical (unpaired) electrons. The highest BCUT2D eigenvalue weighted by molar-refractivity contribution is 6.10. The Kier molecular flexibility index (Phi) is 7.53. The first kappa shape index (κ1) is 26.5. The standard InChI is InChI=1S/C31H34N4O5/c1-39-31(38)21-8-10-25-26(16-21)33-30(37)28(25)29(20-5-3-2-4-6-20)32-24-9-7-22-17-35(18-23(22)15-24)27(36)19-34-11-13-40-14-12-34/h2-10,15,26,31-32,38H,11-14,16-19H2,1H3,(H,33,37)/b29-28-. The van der Waals surface area contributed by atoms with Crippen LogP contribution in [0.5, 0.6) is 0 Å². The zero-order valence-corrected chi connectivity index (χ0v) is 22.6. The van der Waals surface area contributed by atoms with Gasteiger partial charge in [-0.25, -0.2) is 0 Å². The third kappa shape index (κ3) is 5.33. The number of aliphatic hydroxyl groups is 1. The van der Waals surface area contributed by atoms with Crippen LogP contribution in [0, 0.1) is 0 Å². The predicted molar refractivity (Wildman–Crippen MR) is 151 cm³/mol.